The molecule has 0 spiro atoms. The number of aliphatic hydroxyl groups excluding tert-OH is 6. The Labute approximate surface area is 230 Å². The zero-order chi connectivity index (χ0) is 29.6. The van der Waals surface area contributed by atoms with Gasteiger partial charge in [0.05, 0.1) is 18.8 Å². The molecule has 9 atom stereocenters. The van der Waals surface area contributed by atoms with Crippen molar-refractivity contribution in [3.8, 4) is 34.3 Å². The minimum absolute atomic E-state index is 0.0561. The number of rotatable bonds is 6. The number of fused-ring (bicyclic) bond motifs is 1. The van der Waals surface area contributed by atoms with Crippen LogP contribution in [0.1, 0.15) is 0 Å². The van der Waals surface area contributed by atoms with E-state index in [-0.39, 0.29) is 39.5 Å². The van der Waals surface area contributed by atoms with Gasteiger partial charge in [0.25, 0.3) is 0 Å². The first kappa shape index (κ1) is 29.0. The Morgan fingerprint density at radius 1 is 0.854 bits per heavy atom. The first-order valence-electron chi connectivity index (χ1n) is 12.4. The highest BCUT2D eigenvalue weighted by molar-refractivity contribution is 5.86. The normalized spacial score (nSPS) is 32.2. The molecule has 0 amide bonds. The minimum atomic E-state index is -1.80. The first-order valence-corrected chi connectivity index (χ1v) is 12.4. The van der Waals surface area contributed by atoms with E-state index in [2.05, 4.69) is 0 Å². The summed E-state index contributed by atoms with van der Waals surface area (Å²) in [6, 6.07) is 6.78. The molecular weight excluding hydrogens is 552 g/mol. The van der Waals surface area contributed by atoms with Gasteiger partial charge in [0.15, 0.2) is 17.8 Å². The largest absolute Gasteiger partial charge is 0.508 e. The van der Waals surface area contributed by atoms with Gasteiger partial charge in [0.2, 0.25) is 6.29 Å². The molecule has 2 aliphatic rings. The lowest BCUT2D eigenvalue weighted by Gasteiger charge is -2.44. The van der Waals surface area contributed by atoms with E-state index in [1.165, 1.54) is 12.1 Å². The van der Waals surface area contributed by atoms with Gasteiger partial charge in [-0.05, 0) is 12.1 Å². The van der Waals surface area contributed by atoms with Crippen LogP contribution in [-0.4, -0.2) is 114 Å². The van der Waals surface area contributed by atoms with Gasteiger partial charge in [-0.15, -0.1) is 0 Å². The molecule has 0 aliphatic carbocycles. The number of hydrogen-bond acceptors (Lipinski definition) is 15. The molecule has 0 saturated carbocycles. The number of hydrogen-bond donors (Lipinski definition) is 9. The molecule has 0 radical (unpaired) electrons. The third kappa shape index (κ3) is 5.54. The maximum atomic E-state index is 12.8. The summed E-state index contributed by atoms with van der Waals surface area (Å²) >= 11 is 0. The van der Waals surface area contributed by atoms with Crippen molar-refractivity contribution in [3.63, 3.8) is 0 Å². The molecule has 3 aromatic rings. The average Bonchev–Trinajstić information content (AvgIpc) is 2.92. The zero-order valence-electron chi connectivity index (χ0n) is 21.0. The molecule has 5 rings (SSSR count). The van der Waals surface area contributed by atoms with Crippen LogP contribution >= 0.6 is 0 Å². The second-order valence-electron chi connectivity index (χ2n) is 9.67. The first-order chi connectivity index (χ1) is 19.5. The molecule has 41 heavy (non-hydrogen) atoms. The van der Waals surface area contributed by atoms with Crippen LogP contribution in [0.25, 0.3) is 22.3 Å². The predicted octanol–water partition coefficient (Wildman–Crippen LogP) is -1.78. The third-order valence-electron chi connectivity index (χ3n) is 6.84. The molecule has 0 bridgehead atoms. The van der Waals surface area contributed by atoms with Gasteiger partial charge in [-0.25, -0.2) is 0 Å². The fourth-order valence-electron chi connectivity index (χ4n) is 4.67. The van der Waals surface area contributed by atoms with Crippen LogP contribution < -0.4 is 10.2 Å². The quantitative estimate of drug-likeness (QED) is 0.156. The van der Waals surface area contributed by atoms with Crippen molar-refractivity contribution in [1.29, 1.82) is 0 Å². The smallest absolute Gasteiger partial charge is 0.229 e. The highest BCUT2D eigenvalue weighted by Crippen LogP contribution is 2.38. The zero-order valence-corrected chi connectivity index (χ0v) is 21.0. The van der Waals surface area contributed by atoms with E-state index in [0.29, 0.717) is 0 Å². The number of phenols is 3. The molecule has 2 fully saturated rings. The second kappa shape index (κ2) is 11.4. The van der Waals surface area contributed by atoms with Crippen LogP contribution in [0.15, 0.2) is 45.6 Å². The Kier molecular flexibility index (Phi) is 8.06. The monoisotopic (exact) mass is 580 g/mol. The Morgan fingerprint density at radius 2 is 1.61 bits per heavy atom. The summed E-state index contributed by atoms with van der Waals surface area (Å²) in [5.74, 6) is -1.52. The van der Waals surface area contributed by atoms with E-state index < -0.39 is 79.7 Å². The van der Waals surface area contributed by atoms with Gasteiger partial charge < -0.3 is 69.3 Å². The molecule has 0 unspecified atom stereocenters. The number of phenolic OH excluding ortho intramolecular Hbond substituents is 3. The van der Waals surface area contributed by atoms with Crippen LogP contribution in [0.2, 0.25) is 0 Å². The predicted molar refractivity (Wildman–Crippen MR) is 134 cm³/mol. The van der Waals surface area contributed by atoms with Crippen LogP contribution in [0.3, 0.4) is 0 Å². The Hall–Kier alpha value is -3.51. The fourth-order valence-corrected chi connectivity index (χ4v) is 4.67. The second-order valence-corrected chi connectivity index (χ2v) is 9.67. The van der Waals surface area contributed by atoms with Crippen molar-refractivity contribution in [2.75, 3.05) is 13.2 Å². The van der Waals surface area contributed by atoms with E-state index >= 15 is 0 Å². The summed E-state index contributed by atoms with van der Waals surface area (Å²) in [6.45, 7) is -1.18. The standard InChI is InChI=1S/C26H28O15/c27-7-18-21(34)22(35)24(41-25-23(36)20(33)14(32)8-37-25)26(40-18)39-15-4-9(28)1-2-11(15)16-6-13(31)19-12(30)3-10(29)5-17(19)38-16/h1-6,14,18,20-30,32-36H,7-8H2/t14-,18-,20+,21+,22+,23+,24+,25+,26+/m0/s1. The Balaban J connectivity index is 1.52. The molecule has 15 nitrogen and oxygen atoms in total. The van der Waals surface area contributed by atoms with Crippen molar-refractivity contribution in [2.45, 2.75) is 55.3 Å². The van der Waals surface area contributed by atoms with Crippen molar-refractivity contribution in [2.24, 2.45) is 0 Å². The van der Waals surface area contributed by atoms with Crippen molar-refractivity contribution < 1.29 is 69.3 Å². The van der Waals surface area contributed by atoms with E-state index in [1.54, 1.807) is 0 Å². The molecule has 2 aliphatic heterocycles. The molecule has 3 heterocycles. The molecule has 2 aromatic carbocycles. The number of ether oxygens (including phenoxy) is 4. The lowest BCUT2D eigenvalue weighted by molar-refractivity contribution is -0.344. The summed E-state index contributed by atoms with van der Waals surface area (Å²) < 4.78 is 28.1. The van der Waals surface area contributed by atoms with E-state index in [0.717, 1.165) is 24.3 Å². The molecule has 1 aromatic heterocycles. The summed E-state index contributed by atoms with van der Waals surface area (Å²) in [7, 11) is 0. The SMILES string of the molecule is O=c1cc(-c2ccc(O)cc2O[C@@H]2O[C@@H](CO)[C@@H](O)[C@@H](O)[C@H]2O[C@H]2OC[C@H](O)[C@@H](O)[C@H]2O)oc2cc(O)cc(O)c12. The molecule has 15 heteroatoms. The number of aliphatic hydroxyl groups is 6. The average molecular weight is 580 g/mol. The lowest BCUT2D eigenvalue weighted by atomic mass is 9.98. The fraction of sp³-hybridized carbons (Fsp3) is 0.423. The van der Waals surface area contributed by atoms with E-state index in [1.807, 2.05) is 0 Å². The topological polar surface area (TPSA) is 249 Å². The van der Waals surface area contributed by atoms with Gasteiger partial charge in [-0.3, -0.25) is 4.79 Å². The maximum Gasteiger partial charge on any atom is 0.229 e. The summed E-state index contributed by atoms with van der Waals surface area (Å²) in [6.07, 6.45) is -14.6. The van der Waals surface area contributed by atoms with Gasteiger partial charge in [-0.2, -0.15) is 0 Å². The summed E-state index contributed by atoms with van der Waals surface area (Å²) in [5.41, 5.74) is -0.779. The third-order valence-corrected chi connectivity index (χ3v) is 6.84. The molecular formula is C26H28O15. The van der Waals surface area contributed by atoms with Crippen LogP contribution in [0.4, 0.5) is 0 Å². The van der Waals surface area contributed by atoms with E-state index in [9.17, 15) is 50.8 Å². The van der Waals surface area contributed by atoms with Gasteiger partial charge >= 0.3 is 0 Å². The summed E-state index contributed by atoms with van der Waals surface area (Å²) in [4.78, 5) is 12.8. The van der Waals surface area contributed by atoms with Crippen LogP contribution in [-0.2, 0) is 14.2 Å². The highest BCUT2D eigenvalue weighted by Gasteiger charge is 2.50. The summed E-state index contributed by atoms with van der Waals surface area (Å²) in [5, 5.41) is 90.9. The lowest BCUT2D eigenvalue weighted by Crippen LogP contribution is -2.63. The van der Waals surface area contributed by atoms with Crippen molar-refractivity contribution >= 4 is 11.0 Å². The Morgan fingerprint density at radius 3 is 2.34 bits per heavy atom. The number of benzene rings is 2. The molecule has 2 saturated heterocycles. The van der Waals surface area contributed by atoms with Gasteiger partial charge in [-0.1, -0.05) is 0 Å². The number of aromatic hydroxyl groups is 3. The van der Waals surface area contributed by atoms with Crippen molar-refractivity contribution in [1.82, 2.24) is 0 Å². The van der Waals surface area contributed by atoms with Crippen molar-refractivity contribution in [3.05, 3.63) is 46.6 Å². The van der Waals surface area contributed by atoms with Gasteiger partial charge in [0, 0.05) is 24.3 Å². The molecule has 9 N–H and O–H groups in total. The maximum absolute atomic E-state index is 12.8. The molecule has 222 valence electrons. The van der Waals surface area contributed by atoms with E-state index in [4.69, 9.17) is 23.4 Å². The highest BCUT2D eigenvalue weighted by atomic mass is 16.8. The Bertz CT molecular complexity index is 1460. The van der Waals surface area contributed by atoms with Gasteiger partial charge in [0.1, 0.15) is 76.4 Å². The minimum Gasteiger partial charge on any atom is -0.508 e. The van der Waals surface area contributed by atoms with Crippen LogP contribution in [0, 0.1) is 0 Å². The van der Waals surface area contributed by atoms with Crippen LogP contribution in [0.5, 0.6) is 23.0 Å².